The van der Waals surface area contributed by atoms with Crippen LogP contribution in [0.3, 0.4) is 0 Å². The molecular weight excluding hydrogens is 374 g/mol. The third-order valence-corrected chi connectivity index (χ3v) is 5.90. The Hall–Kier alpha value is -2.29. The van der Waals surface area contributed by atoms with Gasteiger partial charge in [-0.15, -0.1) is 11.3 Å². The van der Waals surface area contributed by atoms with Crippen LogP contribution in [0.25, 0.3) is 0 Å². The number of thiophene rings is 1. The number of nitrogens with zero attached hydrogens (tertiary/aromatic N) is 3. The van der Waals surface area contributed by atoms with Gasteiger partial charge in [-0.05, 0) is 37.6 Å². The number of hydrogen-bond acceptors (Lipinski definition) is 6. The number of carbonyl (C=O) groups is 2. The molecule has 0 spiro atoms. The fourth-order valence-electron chi connectivity index (χ4n) is 3.41. The summed E-state index contributed by atoms with van der Waals surface area (Å²) in [7, 11) is 2.12. The first-order chi connectivity index (χ1) is 13.5. The Bertz CT molecular complexity index is 760. The standard InChI is InChI=1S/C20H27N5O2S/c1-15(23-20(27)19(26)22-14-16-6-3-4-8-21-16)18(17-7-5-13-28-17)25-11-9-24(2)10-12-25/h3-8,13,15,18H,9-12,14H2,1-2H3,(H,22,26)(H,23,27)/t15-,18+/m0/s1. The third-order valence-electron chi connectivity index (χ3n) is 4.96. The first-order valence-electron chi connectivity index (χ1n) is 9.49. The fourth-order valence-corrected chi connectivity index (χ4v) is 4.37. The van der Waals surface area contributed by atoms with Crippen molar-refractivity contribution in [1.82, 2.24) is 25.4 Å². The summed E-state index contributed by atoms with van der Waals surface area (Å²) in [6, 6.07) is 9.45. The zero-order chi connectivity index (χ0) is 19.9. The van der Waals surface area contributed by atoms with Gasteiger partial charge in [0.1, 0.15) is 0 Å². The molecule has 2 aromatic rings. The number of pyridine rings is 1. The van der Waals surface area contributed by atoms with Crippen molar-refractivity contribution in [2.24, 2.45) is 0 Å². The second-order valence-electron chi connectivity index (χ2n) is 7.07. The minimum absolute atomic E-state index is 0.0567. The zero-order valence-corrected chi connectivity index (χ0v) is 17.1. The van der Waals surface area contributed by atoms with Crippen LogP contribution < -0.4 is 10.6 Å². The molecule has 1 fully saturated rings. The third kappa shape index (κ3) is 5.37. The quantitative estimate of drug-likeness (QED) is 0.713. The molecule has 7 nitrogen and oxygen atoms in total. The predicted octanol–water partition coefficient (Wildman–Crippen LogP) is 1.25. The molecule has 0 aliphatic carbocycles. The van der Waals surface area contributed by atoms with Crippen LogP contribution in [-0.2, 0) is 16.1 Å². The van der Waals surface area contributed by atoms with E-state index in [0.29, 0.717) is 5.69 Å². The van der Waals surface area contributed by atoms with E-state index in [1.807, 2.05) is 30.5 Å². The molecule has 2 N–H and O–H groups in total. The Morgan fingerprint density at radius 2 is 1.93 bits per heavy atom. The van der Waals surface area contributed by atoms with Gasteiger partial charge in [-0.1, -0.05) is 12.1 Å². The van der Waals surface area contributed by atoms with Crippen molar-refractivity contribution in [3.8, 4) is 0 Å². The second-order valence-corrected chi connectivity index (χ2v) is 8.04. The van der Waals surface area contributed by atoms with E-state index in [-0.39, 0.29) is 18.6 Å². The Labute approximate surface area is 169 Å². The van der Waals surface area contributed by atoms with Crippen LogP contribution >= 0.6 is 11.3 Å². The molecule has 1 saturated heterocycles. The summed E-state index contributed by atoms with van der Waals surface area (Å²) in [5.41, 5.74) is 0.714. The van der Waals surface area contributed by atoms with Crippen LogP contribution in [0, 0.1) is 0 Å². The molecule has 3 rings (SSSR count). The summed E-state index contributed by atoms with van der Waals surface area (Å²) in [4.78, 5) is 34.7. The van der Waals surface area contributed by atoms with Gasteiger partial charge in [-0.3, -0.25) is 19.5 Å². The largest absolute Gasteiger partial charge is 0.343 e. The van der Waals surface area contributed by atoms with Crippen LogP contribution in [-0.4, -0.2) is 65.9 Å². The molecule has 0 unspecified atom stereocenters. The van der Waals surface area contributed by atoms with E-state index in [0.717, 1.165) is 26.2 Å². The van der Waals surface area contributed by atoms with E-state index in [1.165, 1.54) is 4.88 Å². The van der Waals surface area contributed by atoms with Crippen molar-refractivity contribution in [1.29, 1.82) is 0 Å². The molecule has 3 heterocycles. The first kappa shape index (κ1) is 20.4. The van der Waals surface area contributed by atoms with Gasteiger partial charge in [0.25, 0.3) is 0 Å². The highest BCUT2D eigenvalue weighted by Crippen LogP contribution is 2.29. The minimum Gasteiger partial charge on any atom is -0.343 e. The molecule has 0 aromatic carbocycles. The molecular formula is C20H27N5O2S. The average Bonchev–Trinajstić information content (AvgIpc) is 3.22. The molecule has 1 aliphatic heterocycles. The number of carbonyl (C=O) groups excluding carboxylic acids is 2. The average molecular weight is 402 g/mol. The SMILES string of the molecule is C[C@H](NC(=O)C(=O)NCc1ccccn1)[C@H](c1cccs1)N1CCN(C)CC1. The predicted molar refractivity (Wildman–Crippen MR) is 110 cm³/mol. The minimum atomic E-state index is -0.638. The maximum atomic E-state index is 12.4. The van der Waals surface area contributed by atoms with Gasteiger partial charge in [0.2, 0.25) is 0 Å². The molecule has 1 aliphatic rings. The van der Waals surface area contributed by atoms with Gasteiger partial charge in [-0.25, -0.2) is 0 Å². The number of amides is 2. The van der Waals surface area contributed by atoms with E-state index in [1.54, 1.807) is 23.6 Å². The van der Waals surface area contributed by atoms with E-state index in [2.05, 4.69) is 38.5 Å². The van der Waals surface area contributed by atoms with Crippen LogP contribution in [0.1, 0.15) is 23.5 Å². The second kappa shape index (κ2) is 9.77. The van der Waals surface area contributed by atoms with Crippen molar-refractivity contribution in [2.45, 2.75) is 25.6 Å². The monoisotopic (exact) mass is 401 g/mol. The van der Waals surface area contributed by atoms with Gasteiger partial charge in [-0.2, -0.15) is 0 Å². The van der Waals surface area contributed by atoms with Crippen LogP contribution in [0.15, 0.2) is 41.9 Å². The van der Waals surface area contributed by atoms with Crippen molar-refractivity contribution >= 4 is 23.2 Å². The number of piperazine rings is 1. The number of nitrogens with one attached hydrogen (secondary N) is 2. The number of aromatic nitrogens is 1. The lowest BCUT2D eigenvalue weighted by Crippen LogP contribution is -2.53. The summed E-state index contributed by atoms with van der Waals surface area (Å²) < 4.78 is 0. The highest BCUT2D eigenvalue weighted by atomic mass is 32.1. The Balaban J connectivity index is 1.60. The fraction of sp³-hybridized carbons (Fsp3) is 0.450. The normalized spacial score (nSPS) is 17.6. The molecule has 2 amide bonds. The zero-order valence-electron chi connectivity index (χ0n) is 16.3. The molecule has 8 heteroatoms. The van der Waals surface area contributed by atoms with Crippen LogP contribution in [0.5, 0.6) is 0 Å². The molecule has 0 radical (unpaired) electrons. The summed E-state index contributed by atoms with van der Waals surface area (Å²) in [5, 5.41) is 7.57. The van der Waals surface area contributed by atoms with E-state index in [9.17, 15) is 9.59 Å². The molecule has 2 atom stereocenters. The van der Waals surface area contributed by atoms with Crippen LogP contribution in [0.2, 0.25) is 0 Å². The van der Waals surface area contributed by atoms with E-state index in [4.69, 9.17) is 0 Å². The van der Waals surface area contributed by atoms with Crippen molar-refractivity contribution in [2.75, 3.05) is 33.2 Å². The van der Waals surface area contributed by atoms with E-state index < -0.39 is 11.8 Å². The molecule has 28 heavy (non-hydrogen) atoms. The van der Waals surface area contributed by atoms with Crippen molar-refractivity contribution in [3.05, 3.63) is 52.5 Å². The smallest absolute Gasteiger partial charge is 0.309 e. The number of rotatable bonds is 6. The Morgan fingerprint density at radius 3 is 2.57 bits per heavy atom. The lowest BCUT2D eigenvalue weighted by molar-refractivity contribution is -0.140. The summed E-state index contributed by atoms with van der Waals surface area (Å²) in [6.45, 7) is 6.05. The van der Waals surface area contributed by atoms with Gasteiger partial charge in [0, 0.05) is 43.3 Å². The Morgan fingerprint density at radius 1 is 1.14 bits per heavy atom. The maximum absolute atomic E-state index is 12.4. The van der Waals surface area contributed by atoms with Gasteiger partial charge in [0.05, 0.1) is 18.3 Å². The van der Waals surface area contributed by atoms with Gasteiger partial charge < -0.3 is 15.5 Å². The molecule has 150 valence electrons. The van der Waals surface area contributed by atoms with Gasteiger partial charge >= 0.3 is 11.8 Å². The first-order valence-corrected chi connectivity index (χ1v) is 10.4. The number of hydrogen-bond donors (Lipinski definition) is 2. The van der Waals surface area contributed by atoms with Gasteiger partial charge in [0.15, 0.2) is 0 Å². The molecule has 0 bridgehead atoms. The number of likely N-dealkylation sites (N-methyl/N-ethyl adjacent to an activating group) is 1. The van der Waals surface area contributed by atoms with Crippen molar-refractivity contribution in [3.63, 3.8) is 0 Å². The molecule has 2 aromatic heterocycles. The topological polar surface area (TPSA) is 77.6 Å². The maximum Gasteiger partial charge on any atom is 0.309 e. The highest BCUT2D eigenvalue weighted by molar-refractivity contribution is 7.10. The Kier molecular flexibility index (Phi) is 7.13. The summed E-state index contributed by atoms with van der Waals surface area (Å²) in [6.07, 6.45) is 1.66. The van der Waals surface area contributed by atoms with Crippen molar-refractivity contribution < 1.29 is 9.59 Å². The highest BCUT2D eigenvalue weighted by Gasteiger charge is 2.31. The lowest BCUT2D eigenvalue weighted by atomic mass is 10.0. The summed E-state index contributed by atoms with van der Waals surface area (Å²) in [5.74, 6) is -1.25. The van der Waals surface area contributed by atoms with Crippen LogP contribution in [0.4, 0.5) is 0 Å². The van der Waals surface area contributed by atoms with E-state index >= 15 is 0 Å². The molecule has 0 saturated carbocycles. The lowest BCUT2D eigenvalue weighted by Gasteiger charge is -2.40. The summed E-state index contributed by atoms with van der Waals surface area (Å²) >= 11 is 1.68.